The van der Waals surface area contributed by atoms with E-state index >= 15 is 0 Å². The number of nitrogens with zero attached hydrogens (tertiary/aromatic N) is 1. The molecule has 9 heteroatoms. The fraction of sp³-hybridized carbons (Fsp3) is 0.419. The molecule has 5 rings (SSSR count). The molecular formula is C31H35BClNO6. The van der Waals surface area contributed by atoms with Gasteiger partial charge in [0.2, 0.25) is 11.8 Å². The van der Waals surface area contributed by atoms with E-state index in [0.717, 1.165) is 37.7 Å². The molecule has 0 radical (unpaired) electrons. The van der Waals surface area contributed by atoms with Gasteiger partial charge in [-0.25, -0.2) is 0 Å². The summed E-state index contributed by atoms with van der Waals surface area (Å²) in [5, 5.41) is 29.4. The Morgan fingerprint density at radius 3 is 2.62 bits per heavy atom. The zero-order valence-corrected chi connectivity index (χ0v) is 23.6. The number of amides is 2. The molecule has 0 spiro atoms. The quantitative estimate of drug-likeness (QED) is 0.233. The summed E-state index contributed by atoms with van der Waals surface area (Å²) in [5.41, 5.74) is 5.12. The molecule has 1 aliphatic carbocycles. The summed E-state index contributed by atoms with van der Waals surface area (Å²) in [4.78, 5) is 28.6. The highest BCUT2D eigenvalue weighted by Gasteiger charge is 2.57. The van der Waals surface area contributed by atoms with Crippen LogP contribution in [0.3, 0.4) is 0 Å². The second kappa shape index (κ2) is 11.9. The molecule has 7 nitrogen and oxygen atoms in total. The minimum absolute atomic E-state index is 0.109. The Morgan fingerprint density at radius 1 is 1.12 bits per heavy atom. The lowest BCUT2D eigenvalue weighted by Gasteiger charge is -2.32. The summed E-state index contributed by atoms with van der Waals surface area (Å²) in [6, 6.07) is 11.3. The van der Waals surface area contributed by atoms with Gasteiger partial charge in [0.25, 0.3) is 0 Å². The van der Waals surface area contributed by atoms with Crippen LogP contribution in [0.2, 0.25) is 5.02 Å². The highest BCUT2D eigenvalue weighted by atomic mass is 35.5. The van der Waals surface area contributed by atoms with Crippen LogP contribution in [0.15, 0.2) is 59.2 Å². The number of benzene rings is 2. The monoisotopic (exact) mass is 563 g/mol. The number of carbonyl (C=O) groups is 2. The van der Waals surface area contributed by atoms with Gasteiger partial charge in [-0.2, -0.15) is 0 Å². The SMILES string of the molecule is CCCC1=C2[C@@H](CC/C(=C/c3ccc(O)cc3Cl)CC)OC[C@@H]2[C@@H]2C(=O)N(c3cccc(B(O)O)c3)C(=O)[C@@H]2C1. The number of hydrogen-bond acceptors (Lipinski definition) is 6. The topological polar surface area (TPSA) is 107 Å². The molecule has 3 aliphatic rings. The fourth-order valence-corrected chi connectivity index (χ4v) is 6.84. The minimum Gasteiger partial charge on any atom is -0.508 e. The van der Waals surface area contributed by atoms with Crippen molar-refractivity contribution in [2.45, 2.75) is 58.5 Å². The van der Waals surface area contributed by atoms with Crippen molar-refractivity contribution in [2.24, 2.45) is 17.8 Å². The first-order chi connectivity index (χ1) is 19.2. The van der Waals surface area contributed by atoms with Crippen LogP contribution in [0.4, 0.5) is 5.69 Å². The molecule has 2 heterocycles. The van der Waals surface area contributed by atoms with Gasteiger partial charge in [0.05, 0.1) is 35.3 Å². The van der Waals surface area contributed by atoms with Gasteiger partial charge in [0.1, 0.15) is 5.75 Å². The lowest BCUT2D eigenvalue weighted by Crippen LogP contribution is -2.35. The number of imide groups is 1. The zero-order chi connectivity index (χ0) is 28.6. The van der Waals surface area contributed by atoms with E-state index in [4.69, 9.17) is 16.3 Å². The highest BCUT2D eigenvalue weighted by Crippen LogP contribution is 2.51. The smallest absolute Gasteiger partial charge is 0.488 e. The lowest BCUT2D eigenvalue weighted by atomic mass is 9.68. The first-order valence-corrected chi connectivity index (χ1v) is 14.5. The maximum absolute atomic E-state index is 13.8. The van der Waals surface area contributed by atoms with E-state index in [1.807, 2.05) is 6.07 Å². The number of aromatic hydroxyl groups is 1. The standard InChI is InChI=1S/C31H35BClNO6/c1-3-6-20-14-24-29(31(37)34(30(24)36)22-8-5-7-21(15-22)32(38)39)25-17-40-27(28(20)25)12-9-18(4-2)13-19-10-11-23(35)16-26(19)33/h5,7-8,10-11,13,15-16,24-25,27,29,35,38-39H,3-4,6,9,12,14,17H2,1-2H3/b18-13+/t24-,25+,27-,29-/m1/s1. The summed E-state index contributed by atoms with van der Waals surface area (Å²) in [6.07, 6.45) is 6.74. The van der Waals surface area contributed by atoms with Crippen molar-refractivity contribution in [3.63, 3.8) is 0 Å². The Morgan fingerprint density at radius 2 is 1.93 bits per heavy atom. The molecule has 2 aromatic rings. The van der Waals surface area contributed by atoms with Crippen molar-refractivity contribution in [2.75, 3.05) is 11.5 Å². The van der Waals surface area contributed by atoms with Gasteiger partial charge in [-0.1, -0.05) is 61.2 Å². The number of fused-ring (bicyclic) bond motifs is 3. The molecular weight excluding hydrogens is 529 g/mol. The van der Waals surface area contributed by atoms with Crippen molar-refractivity contribution in [3.05, 3.63) is 69.8 Å². The summed E-state index contributed by atoms with van der Waals surface area (Å²) in [5.74, 6) is -1.38. The van der Waals surface area contributed by atoms with Gasteiger partial charge in [-0.05, 0) is 79.0 Å². The van der Waals surface area contributed by atoms with E-state index in [-0.39, 0.29) is 35.0 Å². The predicted octanol–water partition coefficient (Wildman–Crippen LogP) is 4.62. The summed E-state index contributed by atoms with van der Waals surface area (Å²) < 4.78 is 6.35. The van der Waals surface area contributed by atoms with E-state index in [9.17, 15) is 24.7 Å². The molecule has 0 bridgehead atoms. The van der Waals surface area contributed by atoms with Crippen molar-refractivity contribution in [1.29, 1.82) is 0 Å². The van der Waals surface area contributed by atoms with Gasteiger partial charge in [-0.3, -0.25) is 14.5 Å². The third-order valence-corrected chi connectivity index (χ3v) is 8.84. The molecule has 0 aromatic heterocycles. The van der Waals surface area contributed by atoms with Crippen molar-refractivity contribution >= 4 is 47.8 Å². The van der Waals surface area contributed by atoms with Crippen molar-refractivity contribution < 1.29 is 29.5 Å². The number of rotatable bonds is 9. The number of carbonyl (C=O) groups excluding carboxylic acids is 2. The molecule has 0 saturated carbocycles. The van der Waals surface area contributed by atoms with Crippen LogP contribution in [0.25, 0.3) is 6.08 Å². The van der Waals surface area contributed by atoms with E-state index < -0.39 is 19.0 Å². The third kappa shape index (κ3) is 5.38. The van der Waals surface area contributed by atoms with E-state index in [2.05, 4.69) is 19.9 Å². The molecule has 40 heavy (non-hydrogen) atoms. The molecule has 3 N–H and O–H groups in total. The summed E-state index contributed by atoms with van der Waals surface area (Å²) in [6.45, 7) is 4.64. The highest BCUT2D eigenvalue weighted by molar-refractivity contribution is 6.58. The Balaban J connectivity index is 1.39. The number of phenols is 1. The number of ether oxygens (including phenoxy) is 1. The third-order valence-electron chi connectivity index (χ3n) is 8.51. The largest absolute Gasteiger partial charge is 0.508 e. The van der Waals surface area contributed by atoms with Crippen molar-refractivity contribution in [1.82, 2.24) is 0 Å². The normalized spacial score (nSPS) is 24.5. The summed E-state index contributed by atoms with van der Waals surface area (Å²) >= 11 is 6.34. The number of phenolic OH excluding ortho intramolecular Hbond substituents is 1. The van der Waals surface area contributed by atoms with E-state index in [1.165, 1.54) is 33.8 Å². The summed E-state index contributed by atoms with van der Waals surface area (Å²) in [7, 11) is -1.68. The van der Waals surface area contributed by atoms with Gasteiger partial charge >= 0.3 is 7.12 Å². The fourth-order valence-electron chi connectivity index (χ4n) is 6.61. The van der Waals surface area contributed by atoms with Crippen molar-refractivity contribution in [3.8, 4) is 5.75 Å². The predicted molar refractivity (Wildman–Crippen MR) is 156 cm³/mol. The van der Waals surface area contributed by atoms with Gasteiger partial charge in [0, 0.05) is 5.92 Å². The average Bonchev–Trinajstić information content (AvgIpc) is 3.46. The van der Waals surface area contributed by atoms with E-state index in [0.29, 0.717) is 23.7 Å². The van der Waals surface area contributed by atoms with Crippen LogP contribution >= 0.6 is 11.6 Å². The second-order valence-corrected chi connectivity index (χ2v) is 11.4. The Hall–Kier alpha value is -2.91. The molecule has 2 aliphatic heterocycles. The first kappa shape index (κ1) is 28.6. The van der Waals surface area contributed by atoms with Crippen LogP contribution in [0, 0.1) is 17.8 Å². The molecule has 210 valence electrons. The van der Waals surface area contributed by atoms with Gasteiger partial charge in [-0.15, -0.1) is 0 Å². The first-order valence-electron chi connectivity index (χ1n) is 14.1. The van der Waals surface area contributed by atoms with Gasteiger partial charge < -0.3 is 19.9 Å². The number of hydrogen-bond donors (Lipinski definition) is 3. The Kier molecular flexibility index (Phi) is 8.52. The van der Waals surface area contributed by atoms with Gasteiger partial charge in [0.15, 0.2) is 0 Å². The molecule has 2 saturated heterocycles. The minimum atomic E-state index is -1.68. The maximum atomic E-state index is 13.8. The Bertz CT molecular complexity index is 1370. The molecule has 4 atom stereocenters. The Labute approximate surface area is 240 Å². The number of halogens is 1. The zero-order valence-electron chi connectivity index (χ0n) is 22.8. The van der Waals surface area contributed by atoms with Crippen LogP contribution < -0.4 is 10.4 Å². The lowest BCUT2D eigenvalue weighted by molar-refractivity contribution is -0.122. The molecule has 2 fully saturated rings. The number of anilines is 1. The molecule has 0 unspecified atom stereocenters. The van der Waals surface area contributed by atoms with E-state index in [1.54, 1.807) is 24.3 Å². The maximum Gasteiger partial charge on any atom is 0.488 e. The average molecular weight is 564 g/mol. The second-order valence-electron chi connectivity index (χ2n) is 11.0. The van der Waals surface area contributed by atoms with Crippen LogP contribution in [-0.4, -0.2) is 46.8 Å². The van der Waals surface area contributed by atoms with Crippen LogP contribution in [0.5, 0.6) is 5.75 Å². The van der Waals surface area contributed by atoms with Crippen LogP contribution in [-0.2, 0) is 14.3 Å². The number of allylic oxidation sites excluding steroid dienone is 2. The molecule has 2 amide bonds. The van der Waals surface area contributed by atoms with Crippen LogP contribution in [0.1, 0.15) is 57.9 Å². The molecule has 2 aromatic carbocycles.